The fraction of sp³-hybridized carbons (Fsp3) is 0.930. The Balaban J connectivity index is 2.49. The van der Waals surface area contributed by atoms with Crippen LogP contribution in [0.2, 0.25) is 0 Å². The molecule has 0 radical (unpaired) electrons. The lowest BCUT2D eigenvalue weighted by Crippen LogP contribution is -2.61. The van der Waals surface area contributed by atoms with E-state index in [0.717, 1.165) is 38.5 Å². The van der Waals surface area contributed by atoms with Crippen LogP contribution >= 0.6 is 0 Å². The smallest absolute Gasteiger partial charge is 0.394 e. The largest absolute Gasteiger partial charge is 0.397 e. The zero-order chi connectivity index (χ0) is 41.3. The molecule has 1 aliphatic rings. The number of rotatable bonds is 38. The summed E-state index contributed by atoms with van der Waals surface area (Å²) in [5.74, 6) is -0.261. The second-order valence-electron chi connectivity index (χ2n) is 16.0. The van der Waals surface area contributed by atoms with Gasteiger partial charge in [0.05, 0.1) is 25.4 Å². The van der Waals surface area contributed by atoms with E-state index >= 15 is 0 Å². The Bertz CT molecular complexity index is 1060. The Morgan fingerprint density at radius 3 is 1.55 bits per heavy atom. The normalized spacial score (nSPS) is 21.4. The molecule has 0 aliphatic carbocycles. The lowest BCUT2D eigenvalue weighted by atomic mass is 9.99. The van der Waals surface area contributed by atoms with E-state index in [1.165, 1.54) is 135 Å². The molecule has 1 amide bonds. The van der Waals surface area contributed by atoms with Crippen LogP contribution < -0.4 is 5.32 Å². The Morgan fingerprint density at radius 2 is 1.12 bits per heavy atom. The highest BCUT2D eigenvalue weighted by atomic mass is 32.3. The van der Waals surface area contributed by atoms with Crippen molar-refractivity contribution in [3.8, 4) is 0 Å². The highest BCUT2D eigenvalue weighted by molar-refractivity contribution is 7.80. The number of allylic oxidation sites excluding steroid dienone is 1. The Labute approximate surface area is 340 Å². The van der Waals surface area contributed by atoms with Gasteiger partial charge in [-0.25, -0.2) is 4.18 Å². The Kier molecular flexibility index (Phi) is 32.7. The number of aliphatic hydroxyl groups is 4. The van der Waals surface area contributed by atoms with Crippen molar-refractivity contribution in [2.24, 2.45) is 0 Å². The molecule has 0 spiro atoms. The zero-order valence-electron chi connectivity index (χ0n) is 35.2. The van der Waals surface area contributed by atoms with Crippen LogP contribution in [0, 0.1) is 0 Å². The third kappa shape index (κ3) is 27.5. The third-order valence-corrected chi connectivity index (χ3v) is 11.3. The summed E-state index contributed by atoms with van der Waals surface area (Å²) >= 11 is 0. The first-order chi connectivity index (χ1) is 27.0. The number of carbonyl (C=O) groups excluding carboxylic acids is 1. The fourth-order valence-electron chi connectivity index (χ4n) is 7.28. The van der Waals surface area contributed by atoms with Gasteiger partial charge in [-0.3, -0.25) is 9.35 Å². The summed E-state index contributed by atoms with van der Waals surface area (Å²) in [7, 11) is -5.08. The molecule has 1 saturated heterocycles. The maximum Gasteiger partial charge on any atom is 0.397 e. The number of unbranched alkanes of at least 4 members (excludes halogenated alkanes) is 26. The average molecular weight is 822 g/mol. The average Bonchev–Trinajstić information content (AvgIpc) is 3.16. The molecule has 1 aliphatic heterocycles. The highest BCUT2D eigenvalue weighted by Crippen LogP contribution is 2.26. The van der Waals surface area contributed by atoms with Crippen molar-refractivity contribution < 1.29 is 51.8 Å². The molecule has 7 atom stereocenters. The predicted octanol–water partition coefficient (Wildman–Crippen LogP) is 8.38. The molecule has 13 heteroatoms. The van der Waals surface area contributed by atoms with E-state index in [9.17, 15) is 33.6 Å². The van der Waals surface area contributed by atoms with Crippen molar-refractivity contribution in [1.29, 1.82) is 0 Å². The standard InChI is InChI=1S/C43H83NO11S/c1-3-5-7-9-11-13-15-16-17-18-19-20-21-23-25-27-29-31-33-39(47)44-36(37(46)32-30-28-26-24-22-14-12-10-8-6-4-2)35-53-43-41(49)42(55-56(50,51)52)40(48)38(34-45)54-43/h30,32,36-38,40-43,45-46,48-49H,3-29,31,33-35H2,1-2H3,(H,44,47)(H,50,51,52)/b32-30+. The molecule has 1 heterocycles. The fourth-order valence-corrected chi connectivity index (χ4v) is 7.79. The van der Waals surface area contributed by atoms with Crippen LogP contribution in [-0.4, -0.2) is 95.4 Å². The monoisotopic (exact) mass is 822 g/mol. The molecule has 1 fully saturated rings. The van der Waals surface area contributed by atoms with Crippen LogP contribution in [0.1, 0.15) is 200 Å². The van der Waals surface area contributed by atoms with Gasteiger partial charge in [0.2, 0.25) is 5.91 Å². The van der Waals surface area contributed by atoms with Crippen molar-refractivity contribution >= 4 is 16.3 Å². The maximum atomic E-state index is 13.0. The van der Waals surface area contributed by atoms with Gasteiger partial charge in [0.25, 0.3) is 0 Å². The van der Waals surface area contributed by atoms with Crippen molar-refractivity contribution in [1.82, 2.24) is 5.32 Å². The summed E-state index contributed by atoms with van der Waals surface area (Å²) in [5.41, 5.74) is 0. The minimum absolute atomic E-state index is 0.261. The van der Waals surface area contributed by atoms with Crippen molar-refractivity contribution in [3.05, 3.63) is 12.2 Å². The first-order valence-corrected chi connectivity index (χ1v) is 23.9. The SMILES string of the molecule is CCCCCCCCCCC/C=C/C(O)C(COC1OC(CO)C(O)C(OS(=O)(=O)O)C1O)NC(=O)CCCCCCCCCCCCCCCCCCCC. The summed E-state index contributed by atoms with van der Waals surface area (Å²) in [5, 5.41) is 44.6. The summed E-state index contributed by atoms with van der Waals surface area (Å²) < 4.78 is 47.5. The second kappa shape index (κ2) is 34.7. The number of ether oxygens (including phenoxy) is 2. The topological polar surface area (TPSA) is 192 Å². The van der Waals surface area contributed by atoms with E-state index < -0.39 is 59.9 Å². The molecule has 7 unspecified atom stereocenters. The number of nitrogens with one attached hydrogen (secondary N) is 1. The van der Waals surface area contributed by atoms with Crippen LogP contribution in [0.4, 0.5) is 0 Å². The lowest BCUT2D eigenvalue weighted by Gasteiger charge is -2.41. The molecule has 332 valence electrons. The molecular formula is C43H83NO11S. The number of carbonyl (C=O) groups is 1. The third-order valence-electron chi connectivity index (χ3n) is 10.8. The summed E-state index contributed by atoms with van der Waals surface area (Å²) in [4.78, 5) is 13.0. The number of hydrogen-bond donors (Lipinski definition) is 6. The van der Waals surface area contributed by atoms with Crippen LogP contribution in [0.3, 0.4) is 0 Å². The van der Waals surface area contributed by atoms with Gasteiger partial charge in [-0.2, -0.15) is 8.42 Å². The molecule has 0 aromatic heterocycles. The van der Waals surface area contributed by atoms with Crippen LogP contribution in [0.5, 0.6) is 0 Å². The van der Waals surface area contributed by atoms with Gasteiger partial charge in [0.1, 0.15) is 24.4 Å². The minimum Gasteiger partial charge on any atom is -0.394 e. The number of amides is 1. The lowest BCUT2D eigenvalue weighted by molar-refractivity contribution is -0.298. The van der Waals surface area contributed by atoms with Crippen LogP contribution in [0.25, 0.3) is 0 Å². The molecule has 0 bridgehead atoms. The van der Waals surface area contributed by atoms with E-state index in [1.54, 1.807) is 6.08 Å². The van der Waals surface area contributed by atoms with Gasteiger partial charge in [-0.05, 0) is 19.3 Å². The van der Waals surface area contributed by atoms with Crippen LogP contribution in [0.15, 0.2) is 12.2 Å². The maximum absolute atomic E-state index is 13.0. The quantitative estimate of drug-likeness (QED) is 0.0199. The van der Waals surface area contributed by atoms with E-state index in [2.05, 4.69) is 23.3 Å². The molecule has 0 saturated carbocycles. The summed E-state index contributed by atoms with van der Waals surface area (Å²) in [6.45, 7) is 3.37. The first-order valence-electron chi connectivity index (χ1n) is 22.6. The minimum atomic E-state index is -5.08. The van der Waals surface area contributed by atoms with Gasteiger partial charge in [0.15, 0.2) is 6.29 Å². The van der Waals surface area contributed by atoms with Gasteiger partial charge in [-0.15, -0.1) is 0 Å². The molecule has 0 aromatic carbocycles. The Hall–Kier alpha value is -1.16. The summed E-state index contributed by atoms with van der Waals surface area (Å²) in [6.07, 6.45) is 28.3. The van der Waals surface area contributed by atoms with E-state index in [-0.39, 0.29) is 18.9 Å². The molecule has 0 aromatic rings. The number of hydrogen-bond acceptors (Lipinski definition) is 10. The zero-order valence-corrected chi connectivity index (χ0v) is 36.0. The van der Waals surface area contributed by atoms with E-state index in [0.29, 0.717) is 6.42 Å². The molecule has 6 N–H and O–H groups in total. The first kappa shape index (κ1) is 52.9. The van der Waals surface area contributed by atoms with Gasteiger partial charge >= 0.3 is 10.4 Å². The molecule has 12 nitrogen and oxygen atoms in total. The predicted molar refractivity (Wildman–Crippen MR) is 222 cm³/mol. The van der Waals surface area contributed by atoms with Crippen molar-refractivity contribution in [2.75, 3.05) is 13.2 Å². The molecule has 1 rings (SSSR count). The number of aliphatic hydroxyl groups excluding tert-OH is 4. The second-order valence-corrected chi connectivity index (χ2v) is 17.0. The van der Waals surface area contributed by atoms with E-state index in [1.807, 2.05) is 6.08 Å². The van der Waals surface area contributed by atoms with Gasteiger partial charge < -0.3 is 35.2 Å². The van der Waals surface area contributed by atoms with Gasteiger partial charge in [0, 0.05) is 6.42 Å². The van der Waals surface area contributed by atoms with Crippen molar-refractivity contribution in [3.63, 3.8) is 0 Å². The van der Waals surface area contributed by atoms with E-state index in [4.69, 9.17) is 14.0 Å². The molecule has 56 heavy (non-hydrogen) atoms. The van der Waals surface area contributed by atoms with Crippen molar-refractivity contribution in [2.45, 2.75) is 243 Å². The van der Waals surface area contributed by atoms with Gasteiger partial charge in [-0.1, -0.05) is 187 Å². The highest BCUT2D eigenvalue weighted by Gasteiger charge is 2.48. The molecular weight excluding hydrogens is 739 g/mol. The van der Waals surface area contributed by atoms with Crippen LogP contribution in [-0.2, 0) is 28.9 Å². The Morgan fingerprint density at radius 1 is 0.696 bits per heavy atom. The summed E-state index contributed by atoms with van der Waals surface area (Å²) in [6, 6.07) is -0.936.